The lowest BCUT2D eigenvalue weighted by molar-refractivity contribution is 0.0888. The van der Waals surface area contributed by atoms with Crippen molar-refractivity contribution in [3.8, 4) is 17.7 Å². The molecule has 9 nitrogen and oxygen atoms in total. The minimum atomic E-state index is -3.20. The highest BCUT2D eigenvalue weighted by molar-refractivity contribution is 7.90. The summed E-state index contributed by atoms with van der Waals surface area (Å²) < 4.78 is 39.3. The molecule has 1 aliphatic carbocycles. The summed E-state index contributed by atoms with van der Waals surface area (Å²) in [5.41, 5.74) is 1.02. The molecule has 0 radical (unpaired) electrons. The third-order valence-corrected chi connectivity index (χ3v) is 9.28. The van der Waals surface area contributed by atoms with Crippen LogP contribution in [0.1, 0.15) is 44.1 Å². The van der Waals surface area contributed by atoms with Gasteiger partial charge in [0, 0.05) is 24.9 Å². The highest BCUT2D eigenvalue weighted by Gasteiger charge is 2.52. The topological polar surface area (TPSA) is 117 Å². The van der Waals surface area contributed by atoms with Crippen molar-refractivity contribution < 1.29 is 17.9 Å². The molecule has 1 aromatic heterocycles. The molecule has 2 aliphatic heterocycles. The van der Waals surface area contributed by atoms with Crippen molar-refractivity contribution in [2.45, 2.75) is 62.0 Å². The minimum absolute atomic E-state index is 0.0257. The number of sulfonamides is 1. The van der Waals surface area contributed by atoms with E-state index in [4.69, 9.17) is 26.3 Å². The van der Waals surface area contributed by atoms with Crippen molar-refractivity contribution in [3.05, 3.63) is 35.1 Å². The van der Waals surface area contributed by atoms with Gasteiger partial charge in [0.2, 0.25) is 15.8 Å². The molecule has 0 amide bonds. The predicted molar refractivity (Wildman–Crippen MR) is 122 cm³/mol. The molecule has 33 heavy (non-hydrogen) atoms. The minimum Gasteiger partial charge on any atom is -0.489 e. The van der Waals surface area contributed by atoms with Gasteiger partial charge in [0.15, 0.2) is 5.82 Å². The highest BCUT2D eigenvalue weighted by atomic mass is 35.5. The van der Waals surface area contributed by atoms with Crippen LogP contribution >= 0.6 is 11.6 Å². The molecule has 3 aliphatic rings. The smallest absolute Gasteiger partial charge is 0.262 e. The van der Waals surface area contributed by atoms with E-state index in [-0.39, 0.29) is 23.4 Å². The monoisotopic (exact) mass is 489 g/mol. The van der Waals surface area contributed by atoms with Gasteiger partial charge in [-0.2, -0.15) is 14.6 Å². The van der Waals surface area contributed by atoms with E-state index in [2.05, 4.69) is 15.3 Å². The Morgan fingerprint density at radius 2 is 1.91 bits per heavy atom. The van der Waals surface area contributed by atoms with Gasteiger partial charge in [-0.15, -0.1) is 0 Å². The number of halogens is 1. The van der Waals surface area contributed by atoms with Crippen LogP contribution in [0, 0.1) is 11.3 Å². The molecule has 11 heteroatoms. The van der Waals surface area contributed by atoms with Gasteiger partial charge in [-0.1, -0.05) is 11.6 Å². The zero-order chi connectivity index (χ0) is 23.2. The summed E-state index contributed by atoms with van der Waals surface area (Å²) in [6.45, 7) is 0. The van der Waals surface area contributed by atoms with Crippen LogP contribution < -0.4 is 14.8 Å². The van der Waals surface area contributed by atoms with Crippen molar-refractivity contribution in [1.29, 1.82) is 5.26 Å². The van der Waals surface area contributed by atoms with E-state index in [1.54, 1.807) is 22.5 Å². The summed E-state index contributed by atoms with van der Waals surface area (Å²) >= 11 is 6.28. The summed E-state index contributed by atoms with van der Waals surface area (Å²) in [4.78, 5) is 8.52. The summed E-state index contributed by atoms with van der Waals surface area (Å²) in [5.74, 6) is 1.01. The maximum atomic E-state index is 12.9. The maximum absolute atomic E-state index is 12.9. The largest absolute Gasteiger partial charge is 0.489 e. The van der Waals surface area contributed by atoms with Crippen LogP contribution in [0.15, 0.2) is 24.5 Å². The van der Waals surface area contributed by atoms with Gasteiger partial charge in [-0.05, 0) is 43.9 Å². The second-order valence-electron chi connectivity index (χ2n) is 8.66. The summed E-state index contributed by atoms with van der Waals surface area (Å²) in [5, 5.41) is 12.3. The standard InChI is InChI=1S/C22H24ClN5O4S/c1-31-20-21(27-19-7-2-13(11-24)8-18(19)23)25-12-26-22(20)32-16-9-14-3-4-15(10-16)28(14)33(29,30)17-5-6-17/h2,7-8,12,14-17H,3-6,9-10H2,1H3,(H,25,26,27)/t14-,15-/m0/s1. The number of fused-ring (bicyclic) bond motifs is 2. The number of aromatic nitrogens is 2. The first kappa shape index (κ1) is 22.2. The van der Waals surface area contributed by atoms with E-state index < -0.39 is 10.0 Å². The lowest BCUT2D eigenvalue weighted by Crippen LogP contribution is -2.50. The fraction of sp³-hybridized carbons (Fsp3) is 0.500. The first-order valence-corrected chi connectivity index (χ1v) is 12.8. The Hall–Kier alpha value is -2.61. The molecule has 1 saturated carbocycles. The number of benzene rings is 1. The number of anilines is 2. The number of nitrogens with one attached hydrogen (secondary N) is 1. The molecule has 2 atom stereocenters. The van der Waals surface area contributed by atoms with E-state index in [0.717, 1.165) is 25.7 Å². The second-order valence-corrected chi connectivity index (χ2v) is 11.2. The molecular formula is C22H24ClN5O4S. The van der Waals surface area contributed by atoms with Crippen molar-refractivity contribution in [2.24, 2.45) is 0 Å². The molecule has 2 saturated heterocycles. The van der Waals surface area contributed by atoms with E-state index in [1.807, 2.05) is 6.07 Å². The Bertz CT molecular complexity index is 1200. The van der Waals surface area contributed by atoms with Crippen molar-refractivity contribution in [3.63, 3.8) is 0 Å². The van der Waals surface area contributed by atoms with E-state index in [9.17, 15) is 8.42 Å². The van der Waals surface area contributed by atoms with Crippen molar-refractivity contribution in [1.82, 2.24) is 14.3 Å². The van der Waals surface area contributed by atoms with Crippen LogP contribution in [-0.4, -0.2) is 53.2 Å². The SMILES string of the molecule is COc1c(Nc2ccc(C#N)cc2Cl)ncnc1OC1C[C@@H]2CC[C@@H](C1)N2S(=O)(=O)C1CC1. The molecule has 2 bridgehead atoms. The quantitative estimate of drug-likeness (QED) is 0.626. The van der Waals surface area contributed by atoms with Crippen molar-refractivity contribution in [2.75, 3.05) is 12.4 Å². The zero-order valence-electron chi connectivity index (χ0n) is 18.1. The number of hydrogen-bond acceptors (Lipinski definition) is 8. The lowest BCUT2D eigenvalue weighted by atomic mass is 10.0. The molecule has 1 aromatic carbocycles. The molecular weight excluding hydrogens is 466 g/mol. The third-order valence-electron chi connectivity index (χ3n) is 6.47. The van der Waals surface area contributed by atoms with E-state index in [0.29, 0.717) is 46.6 Å². The molecule has 3 fully saturated rings. The Balaban J connectivity index is 1.33. The highest BCUT2D eigenvalue weighted by Crippen LogP contribution is 2.44. The Morgan fingerprint density at radius 3 is 2.52 bits per heavy atom. The molecule has 174 valence electrons. The van der Waals surface area contributed by atoms with Gasteiger partial charge in [0.05, 0.1) is 34.7 Å². The molecule has 3 heterocycles. The first-order chi connectivity index (χ1) is 15.9. The second kappa shape index (κ2) is 8.63. The van der Waals surface area contributed by atoms with Crippen LogP contribution in [0.3, 0.4) is 0 Å². The van der Waals surface area contributed by atoms with Gasteiger partial charge >= 0.3 is 0 Å². The Labute approximate surface area is 197 Å². The predicted octanol–water partition coefficient (Wildman–Crippen LogP) is 3.62. The number of nitriles is 1. The number of ether oxygens (including phenoxy) is 2. The van der Waals surface area contributed by atoms with Gasteiger partial charge in [0.25, 0.3) is 5.88 Å². The number of nitrogens with zero attached hydrogens (tertiary/aromatic N) is 4. The first-order valence-electron chi connectivity index (χ1n) is 11.0. The number of piperidine rings is 1. The fourth-order valence-electron chi connectivity index (χ4n) is 4.82. The average Bonchev–Trinajstić information content (AvgIpc) is 3.61. The molecule has 2 aromatic rings. The van der Waals surface area contributed by atoms with Crippen LogP contribution in [0.5, 0.6) is 11.6 Å². The number of hydrogen-bond donors (Lipinski definition) is 1. The normalized spacial score (nSPS) is 24.8. The fourth-order valence-corrected chi connectivity index (χ4v) is 7.34. The van der Waals surface area contributed by atoms with Crippen LogP contribution in [0.25, 0.3) is 0 Å². The van der Waals surface area contributed by atoms with Crippen LogP contribution in [0.2, 0.25) is 5.02 Å². The Morgan fingerprint density at radius 1 is 1.18 bits per heavy atom. The third kappa shape index (κ3) is 4.21. The lowest BCUT2D eigenvalue weighted by Gasteiger charge is -2.37. The molecule has 0 spiro atoms. The van der Waals surface area contributed by atoms with Crippen LogP contribution in [-0.2, 0) is 10.0 Å². The maximum Gasteiger partial charge on any atom is 0.262 e. The molecule has 0 unspecified atom stereocenters. The number of rotatable bonds is 7. The van der Waals surface area contributed by atoms with Gasteiger partial charge in [-0.3, -0.25) is 0 Å². The molecule has 1 N–H and O–H groups in total. The number of methoxy groups -OCH3 is 1. The zero-order valence-corrected chi connectivity index (χ0v) is 19.6. The van der Waals surface area contributed by atoms with E-state index >= 15 is 0 Å². The van der Waals surface area contributed by atoms with Gasteiger partial charge in [-0.25, -0.2) is 13.4 Å². The Kier molecular flexibility index (Phi) is 5.80. The van der Waals surface area contributed by atoms with E-state index in [1.165, 1.54) is 13.4 Å². The average molecular weight is 490 g/mol. The van der Waals surface area contributed by atoms with Gasteiger partial charge in [0.1, 0.15) is 12.4 Å². The van der Waals surface area contributed by atoms with Gasteiger partial charge < -0.3 is 14.8 Å². The summed E-state index contributed by atoms with van der Waals surface area (Å²) in [6, 6.07) is 6.90. The molecule has 5 rings (SSSR count). The van der Waals surface area contributed by atoms with Crippen LogP contribution in [0.4, 0.5) is 11.5 Å². The summed E-state index contributed by atoms with van der Waals surface area (Å²) in [6.07, 6.45) is 5.73. The summed E-state index contributed by atoms with van der Waals surface area (Å²) in [7, 11) is -1.69. The van der Waals surface area contributed by atoms with Crippen molar-refractivity contribution >= 4 is 33.1 Å².